The molecule has 1 atom stereocenters. The van der Waals surface area contributed by atoms with E-state index in [1.165, 1.54) is 0 Å². The number of ether oxygens (including phenoxy) is 2. The number of aliphatic carboxylic acids is 1. The van der Waals surface area contributed by atoms with Crippen molar-refractivity contribution in [3.63, 3.8) is 0 Å². The van der Waals surface area contributed by atoms with Crippen molar-refractivity contribution in [2.75, 3.05) is 27.3 Å². The Kier molecular flexibility index (Phi) is 5.38. The van der Waals surface area contributed by atoms with Gasteiger partial charge in [0.2, 0.25) is 0 Å². The number of pyridine rings is 1. The maximum Gasteiger partial charge on any atom is 0.303 e. The van der Waals surface area contributed by atoms with Crippen LogP contribution in [0.5, 0.6) is 11.5 Å². The van der Waals surface area contributed by atoms with Crippen molar-refractivity contribution in [2.45, 2.75) is 25.8 Å². The van der Waals surface area contributed by atoms with Crippen molar-refractivity contribution in [1.82, 2.24) is 9.88 Å². The van der Waals surface area contributed by atoms with Gasteiger partial charge in [-0.2, -0.15) is 0 Å². The summed E-state index contributed by atoms with van der Waals surface area (Å²) in [5.41, 5.74) is 0.827. The lowest BCUT2D eigenvalue weighted by Gasteiger charge is -2.32. The minimum absolute atomic E-state index is 0.216. The number of piperidine rings is 1. The summed E-state index contributed by atoms with van der Waals surface area (Å²) in [5.74, 6) is 0.814. The number of carbonyl (C=O) groups is 1. The lowest BCUT2D eigenvalue weighted by molar-refractivity contribution is -0.138. The number of likely N-dealkylation sites (tertiary alicyclic amines) is 1. The average Bonchev–Trinajstić information content (AvgIpc) is 2.46. The molecule has 1 aromatic rings. The number of hydrogen-bond donors (Lipinski definition) is 1. The van der Waals surface area contributed by atoms with Crippen LogP contribution in [0.15, 0.2) is 12.3 Å². The minimum atomic E-state index is -0.723. The Morgan fingerprint density at radius 3 is 2.95 bits per heavy atom. The third-order valence-corrected chi connectivity index (χ3v) is 3.81. The van der Waals surface area contributed by atoms with E-state index in [0.29, 0.717) is 18.0 Å². The van der Waals surface area contributed by atoms with Crippen LogP contribution in [0.4, 0.5) is 0 Å². The Balaban J connectivity index is 2.05. The van der Waals surface area contributed by atoms with E-state index in [2.05, 4.69) is 9.88 Å². The fourth-order valence-electron chi connectivity index (χ4n) is 2.88. The van der Waals surface area contributed by atoms with Gasteiger partial charge in [-0.15, -0.1) is 0 Å². The van der Waals surface area contributed by atoms with Crippen LogP contribution in [0.2, 0.25) is 0 Å². The zero-order valence-corrected chi connectivity index (χ0v) is 12.5. The predicted molar refractivity (Wildman–Crippen MR) is 77.6 cm³/mol. The summed E-state index contributed by atoms with van der Waals surface area (Å²) in [7, 11) is 3.21. The number of carboxylic acids is 1. The van der Waals surface area contributed by atoms with Gasteiger partial charge >= 0.3 is 5.97 Å². The normalized spacial score (nSPS) is 19.2. The van der Waals surface area contributed by atoms with Crippen LogP contribution in [0.25, 0.3) is 0 Å². The van der Waals surface area contributed by atoms with Gasteiger partial charge in [0.15, 0.2) is 11.5 Å². The molecule has 2 rings (SSSR count). The van der Waals surface area contributed by atoms with E-state index in [1.54, 1.807) is 26.5 Å². The van der Waals surface area contributed by atoms with Crippen molar-refractivity contribution in [2.24, 2.45) is 5.92 Å². The van der Waals surface area contributed by atoms with Crippen LogP contribution in [0.1, 0.15) is 25.0 Å². The smallest absolute Gasteiger partial charge is 0.303 e. The van der Waals surface area contributed by atoms with E-state index < -0.39 is 5.97 Å². The minimum Gasteiger partial charge on any atom is -0.493 e. The second kappa shape index (κ2) is 7.26. The zero-order valence-electron chi connectivity index (χ0n) is 12.5. The van der Waals surface area contributed by atoms with Gasteiger partial charge in [0.25, 0.3) is 0 Å². The average molecular weight is 294 g/mol. The number of rotatable bonds is 6. The Bertz CT molecular complexity index is 493. The molecular formula is C15H22N2O4. The molecule has 1 saturated heterocycles. The van der Waals surface area contributed by atoms with Crippen LogP contribution < -0.4 is 9.47 Å². The first kappa shape index (κ1) is 15.6. The third-order valence-electron chi connectivity index (χ3n) is 3.81. The number of aromatic nitrogens is 1. The van der Waals surface area contributed by atoms with Gasteiger partial charge in [0.05, 0.1) is 14.2 Å². The van der Waals surface area contributed by atoms with E-state index in [0.717, 1.165) is 31.6 Å². The predicted octanol–water partition coefficient (Wildman–Crippen LogP) is 1.79. The highest BCUT2D eigenvalue weighted by Crippen LogP contribution is 2.31. The Morgan fingerprint density at radius 1 is 1.48 bits per heavy atom. The molecule has 1 unspecified atom stereocenters. The molecule has 1 aliphatic rings. The molecule has 116 valence electrons. The first-order chi connectivity index (χ1) is 10.1. The molecule has 0 radical (unpaired) electrons. The summed E-state index contributed by atoms with van der Waals surface area (Å²) < 4.78 is 10.7. The Labute approximate surface area is 124 Å². The molecule has 1 fully saturated rings. The van der Waals surface area contributed by atoms with Crippen molar-refractivity contribution in [3.8, 4) is 11.5 Å². The lowest BCUT2D eigenvalue weighted by Crippen LogP contribution is -2.36. The lowest BCUT2D eigenvalue weighted by atomic mass is 9.95. The van der Waals surface area contributed by atoms with Gasteiger partial charge in [-0.05, 0) is 25.3 Å². The second-order valence-electron chi connectivity index (χ2n) is 5.33. The molecule has 1 N–H and O–H groups in total. The molecule has 0 aromatic carbocycles. The van der Waals surface area contributed by atoms with Crippen LogP contribution in [-0.4, -0.2) is 48.3 Å². The summed E-state index contributed by atoms with van der Waals surface area (Å²) in [6.45, 7) is 2.39. The van der Waals surface area contributed by atoms with Crippen molar-refractivity contribution in [3.05, 3.63) is 18.0 Å². The summed E-state index contributed by atoms with van der Waals surface area (Å²) in [6.07, 6.45) is 3.93. The zero-order chi connectivity index (χ0) is 15.2. The monoisotopic (exact) mass is 294 g/mol. The Morgan fingerprint density at radius 2 is 2.29 bits per heavy atom. The molecule has 6 nitrogen and oxygen atoms in total. The van der Waals surface area contributed by atoms with E-state index >= 15 is 0 Å². The topological polar surface area (TPSA) is 71.9 Å². The second-order valence-corrected chi connectivity index (χ2v) is 5.33. The molecule has 0 amide bonds. The highest BCUT2D eigenvalue weighted by atomic mass is 16.5. The number of hydrogen-bond acceptors (Lipinski definition) is 5. The van der Waals surface area contributed by atoms with Gasteiger partial charge < -0.3 is 14.6 Å². The summed E-state index contributed by atoms with van der Waals surface area (Å²) in [4.78, 5) is 17.5. The SMILES string of the molecule is COc1ccnc(CN2CCCC(CC(=O)O)C2)c1OC. The van der Waals surface area contributed by atoms with Gasteiger partial charge in [-0.25, -0.2) is 0 Å². The molecule has 0 spiro atoms. The maximum atomic E-state index is 10.8. The van der Waals surface area contributed by atoms with Crippen molar-refractivity contribution in [1.29, 1.82) is 0 Å². The molecule has 1 aromatic heterocycles. The molecule has 1 aliphatic heterocycles. The van der Waals surface area contributed by atoms with E-state index in [9.17, 15) is 4.79 Å². The largest absolute Gasteiger partial charge is 0.493 e. The molecule has 6 heteroatoms. The van der Waals surface area contributed by atoms with Crippen LogP contribution in [-0.2, 0) is 11.3 Å². The highest BCUT2D eigenvalue weighted by molar-refractivity contribution is 5.67. The first-order valence-electron chi connectivity index (χ1n) is 7.14. The van der Waals surface area contributed by atoms with Crippen molar-refractivity contribution >= 4 is 5.97 Å². The molecule has 0 bridgehead atoms. The molecular weight excluding hydrogens is 272 g/mol. The fourth-order valence-corrected chi connectivity index (χ4v) is 2.88. The molecule has 0 saturated carbocycles. The van der Waals surface area contributed by atoms with E-state index in [1.807, 2.05) is 0 Å². The van der Waals surface area contributed by atoms with Crippen LogP contribution >= 0.6 is 0 Å². The standard InChI is InChI=1S/C15H22N2O4/c1-20-13-5-6-16-12(15(13)21-2)10-17-7-3-4-11(9-17)8-14(18)19/h5-6,11H,3-4,7-10H2,1-2H3,(H,18,19). The number of methoxy groups -OCH3 is 2. The number of nitrogens with zero attached hydrogens (tertiary/aromatic N) is 2. The van der Waals surface area contributed by atoms with Gasteiger partial charge in [0, 0.05) is 31.8 Å². The van der Waals surface area contributed by atoms with Gasteiger partial charge in [-0.3, -0.25) is 14.7 Å². The van der Waals surface area contributed by atoms with E-state index in [4.69, 9.17) is 14.6 Å². The Hall–Kier alpha value is -1.82. The summed E-state index contributed by atoms with van der Waals surface area (Å²) in [5, 5.41) is 8.92. The van der Waals surface area contributed by atoms with Gasteiger partial charge in [0.1, 0.15) is 5.69 Å². The number of carboxylic acid groups (broad SMARTS) is 1. The van der Waals surface area contributed by atoms with Crippen LogP contribution in [0.3, 0.4) is 0 Å². The quantitative estimate of drug-likeness (QED) is 0.862. The first-order valence-corrected chi connectivity index (χ1v) is 7.14. The molecule has 21 heavy (non-hydrogen) atoms. The molecule has 2 heterocycles. The summed E-state index contributed by atoms with van der Waals surface area (Å²) in [6, 6.07) is 1.77. The summed E-state index contributed by atoms with van der Waals surface area (Å²) >= 11 is 0. The van der Waals surface area contributed by atoms with Gasteiger partial charge in [-0.1, -0.05) is 0 Å². The fraction of sp³-hybridized carbons (Fsp3) is 0.600. The highest BCUT2D eigenvalue weighted by Gasteiger charge is 2.23. The van der Waals surface area contributed by atoms with Crippen LogP contribution in [0, 0.1) is 5.92 Å². The maximum absolute atomic E-state index is 10.8. The molecule has 0 aliphatic carbocycles. The van der Waals surface area contributed by atoms with Crippen molar-refractivity contribution < 1.29 is 19.4 Å². The third kappa shape index (κ3) is 4.07. The van der Waals surface area contributed by atoms with E-state index in [-0.39, 0.29) is 12.3 Å².